The van der Waals surface area contributed by atoms with Crippen molar-refractivity contribution in [2.75, 3.05) is 50.5 Å². The molecule has 0 unspecified atom stereocenters. The van der Waals surface area contributed by atoms with E-state index in [9.17, 15) is 14.3 Å². The maximum atomic E-state index is 14.5. The minimum absolute atomic E-state index is 0.00630. The number of anilines is 2. The molecule has 4 rings (SSSR count). The predicted molar refractivity (Wildman–Crippen MR) is 154 cm³/mol. The van der Waals surface area contributed by atoms with Gasteiger partial charge in [0.05, 0.1) is 6.61 Å². The number of methoxy groups -OCH3 is 1. The number of unbranched alkanes of at least 4 members (excludes halogenated alkanes) is 1. The topological polar surface area (TPSA) is 113 Å². The number of hydrogen-bond donors (Lipinski definition) is 3. The van der Waals surface area contributed by atoms with Gasteiger partial charge in [-0.1, -0.05) is 36.4 Å². The molecule has 10 heteroatoms. The van der Waals surface area contributed by atoms with Crippen molar-refractivity contribution in [3.05, 3.63) is 66.0 Å². The number of aromatic nitrogens is 3. The largest absolute Gasteiger partial charge is 0.480 e. The van der Waals surface area contributed by atoms with Crippen LogP contribution in [-0.2, 0) is 22.4 Å². The highest BCUT2D eigenvalue weighted by Crippen LogP contribution is 2.21. The van der Waals surface area contributed by atoms with Gasteiger partial charge in [0, 0.05) is 44.2 Å². The van der Waals surface area contributed by atoms with Crippen LogP contribution in [0.4, 0.5) is 16.0 Å². The van der Waals surface area contributed by atoms with Crippen LogP contribution in [0.25, 0.3) is 11.4 Å². The van der Waals surface area contributed by atoms with Gasteiger partial charge in [0.1, 0.15) is 23.8 Å². The number of fused-ring (bicyclic) bond motifs is 1. The summed E-state index contributed by atoms with van der Waals surface area (Å²) in [5.74, 6) is 0.959. The Morgan fingerprint density at radius 3 is 2.80 bits per heavy atom. The minimum atomic E-state index is -1.15. The molecule has 2 atom stereocenters. The lowest BCUT2D eigenvalue weighted by atomic mass is 10.1. The quantitative estimate of drug-likeness (QED) is 0.223. The number of nitrogens with zero attached hydrogens (tertiary/aromatic N) is 4. The Balaban J connectivity index is 1.32. The predicted octanol–water partition coefficient (Wildman–Crippen LogP) is 4.46. The third-order valence-corrected chi connectivity index (χ3v) is 6.95. The number of pyridine rings is 1. The van der Waals surface area contributed by atoms with Crippen LogP contribution in [0.5, 0.6) is 0 Å². The van der Waals surface area contributed by atoms with Gasteiger partial charge in [-0.15, -0.1) is 0 Å². The van der Waals surface area contributed by atoms with Crippen LogP contribution in [0, 0.1) is 0 Å². The Morgan fingerprint density at radius 1 is 1.15 bits per heavy atom. The monoisotopic (exact) mass is 550 g/mol. The maximum absolute atomic E-state index is 14.5. The van der Waals surface area contributed by atoms with Crippen molar-refractivity contribution in [3.63, 3.8) is 0 Å². The lowest BCUT2D eigenvalue weighted by molar-refractivity contribution is -0.138. The number of aliphatic carboxylic acids is 1. The molecule has 1 aromatic carbocycles. The number of carbonyl (C=O) groups is 1. The molecule has 0 bridgehead atoms. The summed E-state index contributed by atoms with van der Waals surface area (Å²) in [4.78, 5) is 27.6. The minimum Gasteiger partial charge on any atom is -0.480 e. The Labute approximate surface area is 235 Å². The lowest BCUT2D eigenvalue weighted by Crippen LogP contribution is -2.38. The smallest absolute Gasteiger partial charge is 0.326 e. The van der Waals surface area contributed by atoms with Gasteiger partial charge in [0.2, 0.25) is 0 Å². The fraction of sp³-hybridized carbons (Fsp3) is 0.467. The summed E-state index contributed by atoms with van der Waals surface area (Å²) in [5.41, 5.74) is 3.17. The molecule has 0 spiro atoms. The van der Waals surface area contributed by atoms with E-state index in [0.717, 1.165) is 55.7 Å². The Hall–Kier alpha value is -3.63. The fourth-order valence-electron chi connectivity index (χ4n) is 4.87. The zero-order valence-corrected chi connectivity index (χ0v) is 23.1. The molecular weight excluding hydrogens is 511 g/mol. The van der Waals surface area contributed by atoms with Crippen molar-refractivity contribution in [1.82, 2.24) is 19.9 Å². The van der Waals surface area contributed by atoms with Crippen LogP contribution in [0.3, 0.4) is 0 Å². The normalized spacial score (nSPS) is 14.3. The van der Waals surface area contributed by atoms with Crippen molar-refractivity contribution in [2.24, 2.45) is 0 Å². The molecule has 0 saturated heterocycles. The molecule has 3 N–H and O–H groups in total. The number of nitrogens with one attached hydrogen (secondary N) is 2. The highest BCUT2D eigenvalue weighted by atomic mass is 19.1. The summed E-state index contributed by atoms with van der Waals surface area (Å²) in [5, 5.41) is 16.3. The van der Waals surface area contributed by atoms with Crippen LogP contribution >= 0.6 is 0 Å². The van der Waals surface area contributed by atoms with E-state index in [1.165, 1.54) is 12.7 Å². The van der Waals surface area contributed by atoms with E-state index in [2.05, 4.69) is 32.7 Å². The second-order valence-corrected chi connectivity index (χ2v) is 10.1. The molecule has 214 valence electrons. The third kappa shape index (κ3) is 8.96. The number of alkyl halides is 1. The van der Waals surface area contributed by atoms with Crippen molar-refractivity contribution in [1.29, 1.82) is 0 Å². The summed E-state index contributed by atoms with van der Waals surface area (Å²) in [7, 11) is 1.48. The number of carboxylic acids is 1. The van der Waals surface area contributed by atoms with Crippen molar-refractivity contribution in [3.8, 4) is 11.4 Å². The second-order valence-electron chi connectivity index (χ2n) is 10.1. The summed E-state index contributed by atoms with van der Waals surface area (Å²) in [6.07, 6.45) is 5.55. The number of rotatable bonds is 16. The molecule has 0 saturated carbocycles. The van der Waals surface area contributed by atoms with Crippen LogP contribution in [0.2, 0.25) is 0 Å². The van der Waals surface area contributed by atoms with Gasteiger partial charge in [0.25, 0.3) is 0 Å². The average molecular weight is 551 g/mol. The first kappa shape index (κ1) is 29.4. The van der Waals surface area contributed by atoms with Gasteiger partial charge in [-0.3, -0.25) is 0 Å². The SMILES string of the molecule is COC[C@@H](F)CN(CCCCc1ccc2c(n1)NCCC2)CC[C@H](Nc1ccnc(-c2ccccc2)n1)C(=O)O. The van der Waals surface area contributed by atoms with Gasteiger partial charge >= 0.3 is 5.97 Å². The van der Waals surface area contributed by atoms with Crippen molar-refractivity contribution >= 4 is 17.6 Å². The summed E-state index contributed by atoms with van der Waals surface area (Å²) in [6, 6.07) is 14.5. The molecule has 0 fully saturated rings. The highest BCUT2D eigenvalue weighted by Gasteiger charge is 2.21. The van der Waals surface area contributed by atoms with E-state index in [1.807, 2.05) is 35.2 Å². The van der Waals surface area contributed by atoms with E-state index in [0.29, 0.717) is 24.7 Å². The standard InChI is InChI=1S/C30H39FN6O3/c1-40-21-24(31)20-37(18-6-5-11-25-13-12-23-10-7-16-32-28(23)34-25)19-15-26(30(38)39)35-27-14-17-33-29(36-27)22-8-3-2-4-9-22/h2-4,8-9,12-14,17,24,26H,5-7,10-11,15-16,18-21H2,1H3,(H,32,34)(H,38,39)(H,33,35,36)/t24-,26-/m0/s1. The van der Waals surface area contributed by atoms with Gasteiger partial charge in [-0.05, 0) is 62.8 Å². The van der Waals surface area contributed by atoms with E-state index in [4.69, 9.17) is 9.72 Å². The molecule has 3 heterocycles. The molecule has 2 aromatic heterocycles. The van der Waals surface area contributed by atoms with E-state index < -0.39 is 18.2 Å². The number of ether oxygens (including phenoxy) is 1. The first-order valence-electron chi connectivity index (χ1n) is 14.0. The maximum Gasteiger partial charge on any atom is 0.326 e. The van der Waals surface area contributed by atoms with E-state index in [1.54, 1.807) is 12.3 Å². The van der Waals surface area contributed by atoms with Crippen LogP contribution in [0.1, 0.15) is 36.9 Å². The third-order valence-electron chi connectivity index (χ3n) is 6.95. The van der Waals surface area contributed by atoms with Gasteiger partial charge < -0.3 is 25.4 Å². The summed E-state index contributed by atoms with van der Waals surface area (Å²) < 4.78 is 19.5. The summed E-state index contributed by atoms with van der Waals surface area (Å²) in [6.45, 7) is 2.23. The van der Waals surface area contributed by atoms with E-state index >= 15 is 0 Å². The lowest BCUT2D eigenvalue weighted by Gasteiger charge is -2.26. The van der Waals surface area contributed by atoms with Crippen molar-refractivity contribution < 1.29 is 19.0 Å². The van der Waals surface area contributed by atoms with Crippen LogP contribution < -0.4 is 10.6 Å². The highest BCUT2D eigenvalue weighted by molar-refractivity contribution is 5.77. The molecule has 9 nitrogen and oxygen atoms in total. The Morgan fingerprint density at radius 2 is 2.00 bits per heavy atom. The molecule has 0 aliphatic carbocycles. The van der Waals surface area contributed by atoms with Gasteiger partial charge in [0.15, 0.2) is 5.82 Å². The molecule has 1 aliphatic rings. The molecule has 1 aliphatic heterocycles. The second kappa shape index (κ2) is 15.2. The molecule has 3 aromatic rings. The first-order chi connectivity index (χ1) is 19.5. The molecular formula is C30H39FN6O3. The van der Waals surface area contributed by atoms with Gasteiger partial charge in [-0.2, -0.15) is 0 Å². The number of hydrogen-bond acceptors (Lipinski definition) is 8. The van der Waals surface area contributed by atoms with Crippen molar-refractivity contribution in [2.45, 2.75) is 50.7 Å². The Kier molecular flexibility index (Phi) is 11.2. The summed E-state index contributed by atoms with van der Waals surface area (Å²) >= 11 is 0. The molecule has 0 radical (unpaired) electrons. The zero-order valence-electron chi connectivity index (χ0n) is 23.1. The Bertz CT molecular complexity index is 1220. The van der Waals surface area contributed by atoms with Gasteiger partial charge in [-0.25, -0.2) is 24.1 Å². The number of halogens is 1. The van der Waals surface area contributed by atoms with Crippen LogP contribution in [0.15, 0.2) is 54.7 Å². The average Bonchev–Trinajstić information content (AvgIpc) is 2.97. The first-order valence-corrected chi connectivity index (χ1v) is 14.0. The number of benzene rings is 1. The fourth-order valence-corrected chi connectivity index (χ4v) is 4.87. The number of carboxylic acid groups (broad SMARTS) is 1. The number of aryl methyl sites for hydroxylation is 2. The molecule has 40 heavy (non-hydrogen) atoms. The molecule has 0 amide bonds. The van der Waals surface area contributed by atoms with Crippen LogP contribution in [-0.4, -0.2) is 83.0 Å². The zero-order chi connectivity index (χ0) is 28.2. The van der Waals surface area contributed by atoms with E-state index in [-0.39, 0.29) is 19.6 Å².